The second-order valence-corrected chi connectivity index (χ2v) is 8.60. The third kappa shape index (κ3) is 12.8. The van der Waals surface area contributed by atoms with Gasteiger partial charge in [0.25, 0.3) is 0 Å². The van der Waals surface area contributed by atoms with E-state index < -0.39 is 7.60 Å². The second kappa shape index (κ2) is 13.6. The molecule has 0 aliphatic rings. The largest absolute Gasteiger partial charge is 0.330 e. The Bertz CT molecular complexity index is 461. The molecule has 0 rings (SSSR count). The van der Waals surface area contributed by atoms with E-state index in [0.717, 1.165) is 32.1 Å². The molecule has 24 heavy (non-hydrogen) atoms. The first-order valence-corrected chi connectivity index (χ1v) is 10.9. The first-order valence-electron chi connectivity index (χ1n) is 9.15. The fraction of sp³-hybridized carbons (Fsp3) is 0.700. The summed E-state index contributed by atoms with van der Waals surface area (Å²) in [6.45, 7) is 13.2. The third-order valence-electron chi connectivity index (χ3n) is 3.67. The molecule has 0 aromatic carbocycles. The third-order valence-corrected chi connectivity index (χ3v) is 5.78. The summed E-state index contributed by atoms with van der Waals surface area (Å²) in [4.78, 5) is 0. The van der Waals surface area contributed by atoms with Gasteiger partial charge in [0.05, 0.1) is 19.4 Å². The maximum Gasteiger partial charge on any atom is 0.330 e. The predicted octanol–water partition coefficient (Wildman–Crippen LogP) is 7.06. The van der Waals surface area contributed by atoms with Crippen LogP contribution in [0.25, 0.3) is 0 Å². The lowest BCUT2D eigenvalue weighted by atomic mass is 10.1. The van der Waals surface area contributed by atoms with Gasteiger partial charge in [-0.2, -0.15) is 0 Å². The van der Waals surface area contributed by atoms with Gasteiger partial charge in [-0.3, -0.25) is 4.57 Å². The summed E-state index contributed by atoms with van der Waals surface area (Å²) in [5.74, 6) is 0. The van der Waals surface area contributed by atoms with Crippen LogP contribution in [-0.4, -0.2) is 19.4 Å². The van der Waals surface area contributed by atoms with Crippen LogP contribution in [0.2, 0.25) is 0 Å². The summed E-state index contributed by atoms with van der Waals surface area (Å²) in [5, 5.41) is 0. The summed E-state index contributed by atoms with van der Waals surface area (Å²) >= 11 is 0. The lowest BCUT2D eigenvalue weighted by Gasteiger charge is -2.16. The van der Waals surface area contributed by atoms with Crippen molar-refractivity contribution in [1.29, 1.82) is 0 Å². The molecule has 0 saturated heterocycles. The zero-order valence-corrected chi connectivity index (χ0v) is 17.5. The van der Waals surface area contributed by atoms with E-state index in [0.29, 0.717) is 19.4 Å². The summed E-state index contributed by atoms with van der Waals surface area (Å²) < 4.78 is 23.0. The average Bonchev–Trinajstić information content (AvgIpc) is 2.47. The quantitative estimate of drug-likeness (QED) is 0.262. The van der Waals surface area contributed by atoms with Crippen LogP contribution in [-0.2, 0) is 13.6 Å². The average molecular weight is 356 g/mol. The van der Waals surface area contributed by atoms with Crippen molar-refractivity contribution >= 4 is 7.60 Å². The molecule has 0 bridgehead atoms. The standard InChI is InChI=1S/C20H37O3P/c1-7-22-24(21,23-8-2)17-11-16-20(6)15-10-14-19(5)13-9-12-18(3)4/h12,14,16H,7-11,13,15,17H2,1-6H3/b19-14+,20-16+. The monoisotopic (exact) mass is 356 g/mol. The van der Waals surface area contributed by atoms with Crippen LogP contribution in [0.5, 0.6) is 0 Å². The Morgan fingerprint density at radius 3 is 1.71 bits per heavy atom. The van der Waals surface area contributed by atoms with E-state index in [-0.39, 0.29) is 0 Å². The number of hydrogen-bond donors (Lipinski definition) is 0. The van der Waals surface area contributed by atoms with Crippen molar-refractivity contribution in [1.82, 2.24) is 0 Å². The van der Waals surface area contributed by atoms with Gasteiger partial charge in [-0.25, -0.2) is 0 Å². The minimum atomic E-state index is -2.90. The SMILES string of the molecule is CCOP(=O)(CC/C=C(\C)CC/C=C(\C)CCC=C(C)C)OCC. The highest BCUT2D eigenvalue weighted by Gasteiger charge is 2.21. The fourth-order valence-corrected chi connectivity index (χ4v) is 3.93. The molecule has 0 aliphatic carbocycles. The zero-order chi connectivity index (χ0) is 18.4. The number of rotatable bonds is 13. The summed E-state index contributed by atoms with van der Waals surface area (Å²) in [6, 6.07) is 0. The molecule has 0 fully saturated rings. The van der Waals surface area contributed by atoms with E-state index >= 15 is 0 Å². The maximum absolute atomic E-state index is 12.4. The number of hydrogen-bond acceptors (Lipinski definition) is 3. The molecule has 3 nitrogen and oxygen atoms in total. The minimum absolute atomic E-state index is 0.427. The normalized spacial score (nSPS) is 13.2. The minimum Gasteiger partial charge on any atom is -0.309 e. The van der Waals surface area contributed by atoms with Crippen molar-refractivity contribution in [2.45, 2.75) is 73.6 Å². The Hall–Kier alpha value is -0.630. The molecule has 4 heteroatoms. The zero-order valence-electron chi connectivity index (χ0n) is 16.6. The highest BCUT2D eigenvalue weighted by Crippen LogP contribution is 2.48. The summed E-state index contributed by atoms with van der Waals surface area (Å²) in [7, 11) is -2.90. The van der Waals surface area contributed by atoms with Crippen LogP contribution < -0.4 is 0 Å². The molecule has 0 atom stereocenters. The first-order chi connectivity index (χ1) is 11.3. The van der Waals surface area contributed by atoms with Crippen molar-refractivity contribution in [3.8, 4) is 0 Å². The fourth-order valence-electron chi connectivity index (χ4n) is 2.37. The molecule has 0 N–H and O–H groups in total. The highest BCUT2D eigenvalue weighted by molar-refractivity contribution is 7.53. The molecule has 0 aromatic heterocycles. The molecule has 0 aliphatic heterocycles. The van der Waals surface area contributed by atoms with Gasteiger partial charge in [-0.05, 0) is 73.6 Å². The van der Waals surface area contributed by atoms with Gasteiger partial charge < -0.3 is 9.05 Å². The molecular weight excluding hydrogens is 319 g/mol. The maximum atomic E-state index is 12.4. The van der Waals surface area contributed by atoms with Crippen molar-refractivity contribution in [3.05, 3.63) is 34.9 Å². The molecule has 0 spiro atoms. The van der Waals surface area contributed by atoms with Gasteiger partial charge in [0.15, 0.2) is 0 Å². The van der Waals surface area contributed by atoms with Crippen LogP contribution in [0.4, 0.5) is 0 Å². The molecule has 0 radical (unpaired) electrons. The molecule has 0 aromatic rings. The van der Waals surface area contributed by atoms with Gasteiger partial charge in [0.2, 0.25) is 0 Å². The Kier molecular flexibility index (Phi) is 13.3. The Morgan fingerprint density at radius 2 is 1.25 bits per heavy atom. The summed E-state index contributed by atoms with van der Waals surface area (Å²) in [6.07, 6.45) is 12.4. The van der Waals surface area contributed by atoms with E-state index in [4.69, 9.17) is 9.05 Å². The van der Waals surface area contributed by atoms with Gasteiger partial charge in [-0.1, -0.05) is 34.9 Å². The molecule has 0 heterocycles. The van der Waals surface area contributed by atoms with Crippen LogP contribution in [0.3, 0.4) is 0 Å². The van der Waals surface area contributed by atoms with Gasteiger partial charge in [0.1, 0.15) is 0 Å². The Labute approximate surface area is 149 Å². The van der Waals surface area contributed by atoms with Gasteiger partial charge in [0, 0.05) is 0 Å². The molecule has 0 amide bonds. The van der Waals surface area contributed by atoms with E-state index in [2.05, 4.69) is 45.9 Å². The highest BCUT2D eigenvalue weighted by atomic mass is 31.2. The van der Waals surface area contributed by atoms with Crippen LogP contribution in [0, 0.1) is 0 Å². The Balaban J connectivity index is 4.18. The van der Waals surface area contributed by atoms with Crippen molar-refractivity contribution in [2.24, 2.45) is 0 Å². The van der Waals surface area contributed by atoms with Crippen molar-refractivity contribution in [2.75, 3.05) is 19.4 Å². The molecule has 140 valence electrons. The first kappa shape index (κ1) is 23.4. The summed E-state index contributed by atoms with van der Waals surface area (Å²) in [5.41, 5.74) is 4.18. The van der Waals surface area contributed by atoms with Crippen LogP contribution in [0.1, 0.15) is 73.6 Å². The van der Waals surface area contributed by atoms with Crippen molar-refractivity contribution in [3.63, 3.8) is 0 Å². The van der Waals surface area contributed by atoms with Crippen LogP contribution >= 0.6 is 7.60 Å². The van der Waals surface area contributed by atoms with E-state index in [1.807, 2.05) is 13.8 Å². The second-order valence-electron chi connectivity index (χ2n) is 6.42. The van der Waals surface area contributed by atoms with Gasteiger partial charge in [-0.15, -0.1) is 0 Å². The predicted molar refractivity (Wildman–Crippen MR) is 106 cm³/mol. The molecular formula is C20H37O3P. The van der Waals surface area contributed by atoms with E-state index in [1.165, 1.54) is 16.7 Å². The smallest absolute Gasteiger partial charge is 0.309 e. The van der Waals surface area contributed by atoms with E-state index in [9.17, 15) is 4.57 Å². The lowest BCUT2D eigenvalue weighted by molar-refractivity contribution is 0.220. The molecule has 0 saturated carbocycles. The Morgan fingerprint density at radius 1 is 0.792 bits per heavy atom. The van der Waals surface area contributed by atoms with Gasteiger partial charge >= 0.3 is 7.60 Å². The van der Waals surface area contributed by atoms with Crippen molar-refractivity contribution < 1.29 is 13.6 Å². The number of allylic oxidation sites excluding steroid dienone is 6. The lowest BCUT2D eigenvalue weighted by Crippen LogP contribution is -1.99. The van der Waals surface area contributed by atoms with Crippen LogP contribution in [0.15, 0.2) is 34.9 Å². The molecule has 0 unspecified atom stereocenters. The topological polar surface area (TPSA) is 35.5 Å². The van der Waals surface area contributed by atoms with E-state index in [1.54, 1.807) is 0 Å².